The largest absolute Gasteiger partial charge is 0.329 e. The van der Waals surface area contributed by atoms with Crippen LogP contribution in [-0.4, -0.2) is 18.1 Å². The first-order chi connectivity index (χ1) is 4.02. The highest BCUT2D eigenvalue weighted by molar-refractivity contribution is 7.99. The molecule has 0 heterocycles. The van der Waals surface area contributed by atoms with Crippen LogP contribution in [0.1, 0.15) is 20.8 Å². The third-order valence-corrected chi connectivity index (χ3v) is 2.93. The fourth-order valence-electron chi connectivity index (χ4n) is 0.803. The summed E-state index contributed by atoms with van der Waals surface area (Å²) in [5.41, 5.74) is 5.90. The summed E-state index contributed by atoms with van der Waals surface area (Å²) >= 11 is 1.85. The fraction of sp³-hybridized carbons (Fsp3) is 1.00. The van der Waals surface area contributed by atoms with Crippen molar-refractivity contribution < 1.29 is 0 Å². The van der Waals surface area contributed by atoms with Crippen molar-refractivity contribution in [3.8, 4) is 0 Å². The van der Waals surface area contributed by atoms with Crippen LogP contribution in [0.3, 0.4) is 0 Å². The van der Waals surface area contributed by atoms with Gasteiger partial charge in [0.25, 0.3) is 0 Å². The van der Waals surface area contributed by atoms with Gasteiger partial charge in [0, 0.05) is 11.8 Å². The molecular weight excluding hydrogens is 130 g/mol. The van der Waals surface area contributed by atoms with Crippen LogP contribution in [0.4, 0.5) is 0 Å². The summed E-state index contributed by atoms with van der Waals surface area (Å²) in [4.78, 5) is 0. The molecular formula is C7H17NS. The summed E-state index contributed by atoms with van der Waals surface area (Å²) in [6.07, 6.45) is 2.11. The van der Waals surface area contributed by atoms with Gasteiger partial charge in [-0.3, -0.25) is 0 Å². The minimum Gasteiger partial charge on any atom is -0.329 e. The van der Waals surface area contributed by atoms with Crippen LogP contribution >= 0.6 is 11.8 Å². The van der Waals surface area contributed by atoms with Crippen LogP contribution in [0.15, 0.2) is 0 Å². The maximum Gasteiger partial charge on any atom is 0.0215 e. The number of nitrogens with two attached hydrogens (primary N) is 1. The first-order valence-corrected chi connectivity index (χ1v) is 4.54. The molecule has 0 bridgehead atoms. The second-order valence-corrected chi connectivity index (χ2v) is 4.37. The molecule has 56 valence electrons. The Morgan fingerprint density at radius 3 is 1.89 bits per heavy atom. The number of hydrogen-bond donors (Lipinski definition) is 1. The number of thioether (sulfide) groups is 1. The molecule has 0 spiro atoms. The van der Waals surface area contributed by atoms with Crippen molar-refractivity contribution in [2.75, 3.05) is 12.8 Å². The van der Waals surface area contributed by atoms with Gasteiger partial charge in [0.15, 0.2) is 0 Å². The van der Waals surface area contributed by atoms with Gasteiger partial charge in [0.1, 0.15) is 0 Å². The summed E-state index contributed by atoms with van der Waals surface area (Å²) in [6.45, 7) is 7.45. The van der Waals surface area contributed by atoms with E-state index in [1.165, 1.54) is 0 Å². The van der Waals surface area contributed by atoms with Gasteiger partial charge < -0.3 is 5.73 Å². The first-order valence-electron chi connectivity index (χ1n) is 3.25. The molecule has 0 saturated carbocycles. The van der Waals surface area contributed by atoms with E-state index in [0.29, 0.717) is 10.7 Å². The Labute approximate surface area is 62.4 Å². The van der Waals surface area contributed by atoms with Gasteiger partial charge in [-0.1, -0.05) is 20.8 Å². The van der Waals surface area contributed by atoms with Crippen molar-refractivity contribution in [3.63, 3.8) is 0 Å². The molecule has 0 aliphatic rings. The van der Waals surface area contributed by atoms with E-state index in [0.717, 1.165) is 6.54 Å². The van der Waals surface area contributed by atoms with Crippen molar-refractivity contribution in [2.45, 2.75) is 26.0 Å². The van der Waals surface area contributed by atoms with Crippen LogP contribution in [0.25, 0.3) is 0 Å². The van der Waals surface area contributed by atoms with E-state index in [1.807, 2.05) is 11.8 Å². The molecule has 1 nitrogen and oxygen atoms in total. The van der Waals surface area contributed by atoms with Gasteiger partial charge in [-0.15, -0.1) is 0 Å². The van der Waals surface area contributed by atoms with Crippen LogP contribution < -0.4 is 5.73 Å². The first kappa shape index (κ1) is 9.31. The van der Waals surface area contributed by atoms with Crippen LogP contribution in [0, 0.1) is 5.41 Å². The molecule has 2 heteroatoms. The highest BCUT2D eigenvalue weighted by atomic mass is 32.2. The predicted molar refractivity (Wildman–Crippen MR) is 45.8 cm³/mol. The standard InChI is InChI=1S/C7H17NS/c1-7(2,3)6(5-8)9-4/h6H,5,8H2,1-4H3. The van der Waals surface area contributed by atoms with Crippen LogP contribution in [0.5, 0.6) is 0 Å². The molecule has 0 rings (SSSR count). The van der Waals surface area contributed by atoms with Gasteiger partial charge >= 0.3 is 0 Å². The SMILES string of the molecule is CSC(CN)C(C)(C)C. The predicted octanol–water partition coefficient (Wildman–Crippen LogP) is 1.72. The van der Waals surface area contributed by atoms with Crippen molar-refractivity contribution in [1.82, 2.24) is 0 Å². The molecule has 1 unspecified atom stereocenters. The summed E-state index contributed by atoms with van der Waals surface area (Å²) in [5, 5.41) is 0.595. The zero-order valence-corrected chi connectivity index (χ0v) is 7.59. The highest BCUT2D eigenvalue weighted by Gasteiger charge is 2.21. The summed E-state index contributed by atoms with van der Waals surface area (Å²) in [6, 6.07) is 0. The number of hydrogen-bond acceptors (Lipinski definition) is 2. The quantitative estimate of drug-likeness (QED) is 0.643. The molecule has 0 radical (unpaired) electrons. The summed E-state index contributed by atoms with van der Waals surface area (Å²) in [5.74, 6) is 0. The molecule has 0 aliphatic heterocycles. The Hall–Kier alpha value is 0.310. The van der Waals surface area contributed by atoms with Gasteiger partial charge in [-0.2, -0.15) is 11.8 Å². The number of rotatable bonds is 2. The average molecular weight is 147 g/mol. The van der Waals surface area contributed by atoms with E-state index in [9.17, 15) is 0 Å². The Morgan fingerprint density at radius 2 is 1.89 bits per heavy atom. The lowest BCUT2D eigenvalue weighted by Crippen LogP contribution is -2.30. The van der Waals surface area contributed by atoms with Crippen molar-refractivity contribution in [3.05, 3.63) is 0 Å². The second-order valence-electron chi connectivity index (χ2n) is 3.33. The van der Waals surface area contributed by atoms with E-state index in [-0.39, 0.29) is 0 Å². The molecule has 2 N–H and O–H groups in total. The average Bonchev–Trinajstić information content (AvgIpc) is 1.65. The molecule has 0 aromatic carbocycles. The maximum atomic E-state index is 5.55. The lowest BCUT2D eigenvalue weighted by atomic mass is 9.92. The van der Waals surface area contributed by atoms with E-state index in [4.69, 9.17) is 5.73 Å². The third kappa shape index (κ3) is 3.11. The minimum atomic E-state index is 0.355. The molecule has 1 atom stereocenters. The van der Waals surface area contributed by atoms with Gasteiger partial charge in [0.2, 0.25) is 0 Å². The highest BCUT2D eigenvalue weighted by Crippen LogP contribution is 2.27. The monoisotopic (exact) mass is 147 g/mol. The summed E-state index contributed by atoms with van der Waals surface area (Å²) < 4.78 is 0. The lowest BCUT2D eigenvalue weighted by molar-refractivity contribution is 0.399. The maximum absolute atomic E-state index is 5.55. The smallest absolute Gasteiger partial charge is 0.0215 e. The molecule has 0 aliphatic carbocycles. The topological polar surface area (TPSA) is 26.0 Å². The van der Waals surface area contributed by atoms with Gasteiger partial charge in [-0.25, -0.2) is 0 Å². The molecule has 9 heavy (non-hydrogen) atoms. The zero-order chi connectivity index (χ0) is 7.49. The van der Waals surface area contributed by atoms with Crippen molar-refractivity contribution in [2.24, 2.45) is 11.1 Å². The molecule has 0 aromatic heterocycles. The van der Waals surface area contributed by atoms with Crippen LogP contribution in [-0.2, 0) is 0 Å². The van der Waals surface area contributed by atoms with E-state index in [1.54, 1.807) is 0 Å². The fourth-order valence-corrected chi connectivity index (χ4v) is 1.70. The molecule has 0 saturated heterocycles. The van der Waals surface area contributed by atoms with E-state index < -0.39 is 0 Å². The van der Waals surface area contributed by atoms with Crippen molar-refractivity contribution in [1.29, 1.82) is 0 Å². The van der Waals surface area contributed by atoms with E-state index in [2.05, 4.69) is 27.0 Å². The van der Waals surface area contributed by atoms with Crippen molar-refractivity contribution >= 4 is 11.8 Å². The lowest BCUT2D eigenvalue weighted by Gasteiger charge is -2.27. The summed E-state index contributed by atoms with van der Waals surface area (Å²) in [7, 11) is 0. The zero-order valence-electron chi connectivity index (χ0n) is 6.77. The third-order valence-electron chi connectivity index (χ3n) is 1.46. The van der Waals surface area contributed by atoms with Gasteiger partial charge in [0.05, 0.1) is 0 Å². The molecule has 0 amide bonds. The molecule has 0 fully saturated rings. The Kier molecular flexibility index (Phi) is 3.59. The second kappa shape index (κ2) is 3.47. The Balaban J connectivity index is 3.79. The normalized spacial score (nSPS) is 15.7. The Morgan fingerprint density at radius 1 is 1.44 bits per heavy atom. The van der Waals surface area contributed by atoms with Crippen LogP contribution in [0.2, 0.25) is 0 Å². The Bertz CT molecular complexity index is 71.5. The molecule has 0 aromatic rings. The minimum absolute atomic E-state index is 0.355. The van der Waals surface area contributed by atoms with Gasteiger partial charge in [-0.05, 0) is 11.7 Å². The van der Waals surface area contributed by atoms with E-state index >= 15 is 0 Å².